The van der Waals surface area contributed by atoms with Crippen molar-refractivity contribution in [3.8, 4) is 17.2 Å². The van der Waals surface area contributed by atoms with Crippen molar-refractivity contribution in [1.29, 1.82) is 0 Å². The number of nitrogens with zero attached hydrogens (tertiary/aromatic N) is 1. The van der Waals surface area contributed by atoms with Crippen molar-refractivity contribution in [1.82, 2.24) is 10.6 Å². The molecule has 0 bridgehead atoms. The predicted molar refractivity (Wildman–Crippen MR) is 120 cm³/mol. The molecule has 0 aliphatic carbocycles. The second kappa shape index (κ2) is 13.0. The Morgan fingerprint density at radius 1 is 1.00 bits per heavy atom. The highest BCUT2D eigenvalue weighted by molar-refractivity contribution is 14.0. The van der Waals surface area contributed by atoms with Crippen molar-refractivity contribution in [2.24, 2.45) is 4.99 Å². The molecule has 0 atom stereocenters. The van der Waals surface area contributed by atoms with Crippen LogP contribution < -0.4 is 24.8 Å². The Morgan fingerprint density at radius 3 is 2.41 bits per heavy atom. The lowest BCUT2D eigenvalue weighted by Crippen LogP contribution is -2.38. The molecule has 0 aliphatic heterocycles. The molecule has 29 heavy (non-hydrogen) atoms. The molecular formula is C20H26F2IN3O3. The maximum absolute atomic E-state index is 12.5. The van der Waals surface area contributed by atoms with Gasteiger partial charge in [0.05, 0.1) is 14.2 Å². The standard InChI is InChI=1S/C20H25F2N3O3.HI/c1-23-20(25-13-15-6-4-5-7-18(15)28-19(21)22)24-11-10-14-12-16(26-2)8-9-17(14)27-3;/h4-9,12,19H,10-11,13H2,1-3H3,(H2,23,24,25);1H. The number of aliphatic imine (C=N–C) groups is 1. The molecule has 6 nitrogen and oxygen atoms in total. The fourth-order valence-electron chi connectivity index (χ4n) is 2.65. The number of guanidine groups is 1. The van der Waals surface area contributed by atoms with Gasteiger partial charge in [-0.1, -0.05) is 18.2 Å². The van der Waals surface area contributed by atoms with Crippen LogP contribution in [0.1, 0.15) is 11.1 Å². The number of hydrogen-bond acceptors (Lipinski definition) is 4. The Morgan fingerprint density at radius 2 is 1.76 bits per heavy atom. The zero-order valence-electron chi connectivity index (χ0n) is 16.6. The van der Waals surface area contributed by atoms with Crippen LogP contribution in [0, 0.1) is 0 Å². The molecule has 0 amide bonds. The van der Waals surface area contributed by atoms with E-state index in [0.29, 0.717) is 31.0 Å². The molecule has 2 rings (SSSR count). The summed E-state index contributed by atoms with van der Waals surface area (Å²) in [6, 6.07) is 12.3. The second-order valence-corrected chi connectivity index (χ2v) is 5.77. The maximum atomic E-state index is 12.5. The summed E-state index contributed by atoms with van der Waals surface area (Å²) in [4.78, 5) is 4.15. The molecule has 0 unspecified atom stereocenters. The third kappa shape index (κ3) is 7.92. The van der Waals surface area contributed by atoms with Gasteiger partial charge in [0.2, 0.25) is 0 Å². The summed E-state index contributed by atoms with van der Waals surface area (Å²) >= 11 is 0. The highest BCUT2D eigenvalue weighted by Crippen LogP contribution is 2.24. The van der Waals surface area contributed by atoms with E-state index in [4.69, 9.17) is 9.47 Å². The number of hydrogen-bond donors (Lipinski definition) is 2. The Kier molecular flexibility index (Phi) is 11.1. The molecule has 0 fully saturated rings. The number of rotatable bonds is 9. The average Bonchev–Trinajstić information content (AvgIpc) is 2.70. The number of benzene rings is 2. The van der Waals surface area contributed by atoms with Crippen LogP contribution in [0.15, 0.2) is 47.5 Å². The molecule has 0 spiro atoms. The number of methoxy groups -OCH3 is 2. The van der Waals surface area contributed by atoms with Gasteiger partial charge >= 0.3 is 6.61 Å². The van der Waals surface area contributed by atoms with Crippen molar-refractivity contribution >= 4 is 29.9 Å². The Hall–Kier alpha value is -2.30. The van der Waals surface area contributed by atoms with Gasteiger partial charge in [0, 0.05) is 25.7 Å². The molecule has 0 saturated heterocycles. The van der Waals surface area contributed by atoms with Crippen LogP contribution in [-0.2, 0) is 13.0 Å². The normalized spacial score (nSPS) is 10.9. The van der Waals surface area contributed by atoms with E-state index in [1.807, 2.05) is 18.2 Å². The van der Waals surface area contributed by atoms with Gasteiger partial charge in [0.25, 0.3) is 0 Å². The van der Waals surface area contributed by atoms with Gasteiger partial charge in [0.1, 0.15) is 17.2 Å². The summed E-state index contributed by atoms with van der Waals surface area (Å²) in [6.07, 6.45) is 0.687. The molecule has 2 N–H and O–H groups in total. The SMILES string of the molecule is CN=C(NCCc1cc(OC)ccc1OC)NCc1ccccc1OC(F)F.I. The minimum absolute atomic E-state index is 0. The van der Waals surface area contributed by atoms with E-state index in [1.165, 1.54) is 6.07 Å². The van der Waals surface area contributed by atoms with E-state index in [1.54, 1.807) is 39.5 Å². The van der Waals surface area contributed by atoms with Crippen LogP contribution in [0.2, 0.25) is 0 Å². The Labute approximate surface area is 186 Å². The predicted octanol–water partition coefficient (Wildman–Crippen LogP) is 3.83. The number of para-hydroxylation sites is 1. The first kappa shape index (κ1) is 24.7. The summed E-state index contributed by atoms with van der Waals surface area (Å²) in [6.45, 7) is -1.97. The molecule has 0 heterocycles. The smallest absolute Gasteiger partial charge is 0.387 e. The molecule has 0 aliphatic rings. The largest absolute Gasteiger partial charge is 0.497 e. The highest BCUT2D eigenvalue weighted by Gasteiger charge is 2.10. The van der Waals surface area contributed by atoms with E-state index in [0.717, 1.165) is 17.1 Å². The molecule has 9 heteroatoms. The van der Waals surface area contributed by atoms with E-state index in [9.17, 15) is 8.78 Å². The third-order valence-electron chi connectivity index (χ3n) is 4.03. The number of nitrogens with one attached hydrogen (secondary N) is 2. The first-order chi connectivity index (χ1) is 13.6. The van der Waals surface area contributed by atoms with E-state index >= 15 is 0 Å². The zero-order valence-corrected chi connectivity index (χ0v) is 18.9. The average molecular weight is 521 g/mol. The molecule has 0 saturated carbocycles. The fraction of sp³-hybridized carbons (Fsp3) is 0.350. The van der Waals surface area contributed by atoms with Gasteiger partial charge in [-0.15, -0.1) is 24.0 Å². The quantitative estimate of drug-likeness (QED) is 0.299. The first-order valence-electron chi connectivity index (χ1n) is 8.75. The van der Waals surface area contributed by atoms with E-state index < -0.39 is 6.61 Å². The highest BCUT2D eigenvalue weighted by atomic mass is 127. The van der Waals surface area contributed by atoms with Crippen LogP contribution in [0.25, 0.3) is 0 Å². The lowest BCUT2D eigenvalue weighted by Gasteiger charge is -2.15. The van der Waals surface area contributed by atoms with Gasteiger partial charge in [-0.3, -0.25) is 4.99 Å². The Balaban J connectivity index is 0.00000420. The van der Waals surface area contributed by atoms with Gasteiger partial charge in [0.15, 0.2) is 5.96 Å². The van der Waals surface area contributed by atoms with Crippen molar-refractivity contribution in [3.05, 3.63) is 53.6 Å². The summed E-state index contributed by atoms with van der Waals surface area (Å²) in [7, 11) is 4.88. The number of alkyl halides is 2. The lowest BCUT2D eigenvalue weighted by molar-refractivity contribution is -0.0504. The molecule has 0 radical (unpaired) electrons. The van der Waals surface area contributed by atoms with Crippen LogP contribution in [0.4, 0.5) is 8.78 Å². The van der Waals surface area contributed by atoms with Crippen LogP contribution in [0.3, 0.4) is 0 Å². The van der Waals surface area contributed by atoms with Crippen LogP contribution in [0.5, 0.6) is 17.2 Å². The van der Waals surface area contributed by atoms with Gasteiger partial charge in [-0.2, -0.15) is 8.78 Å². The summed E-state index contributed by atoms with van der Waals surface area (Å²) < 4.78 is 40.2. The van der Waals surface area contributed by atoms with Crippen molar-refractivity contribution in [2.75, 3.05) is 27.8 Å². The van der Waals surface area contributed by atoms with Crippen LogP contribution >= 0.6 is 24.0 Å². The van der Waals surface area contributed by atoms with E-state index in [2.05, 4.69) is 20.4 Å². The molecular weight excluding hydrogens is 495 g/mol. The van der Waals surface area contributed by atoms with Gasteiger partial charge in [-0.05, 0) is 36.2 Å². The molecule has 2 aromatic rings. The summed E-state index contributed by atoms with van der Waals surface area (Å²) in [5.74, 6) is 2.23. The first-order valence-corrected chi connectivity index (χ1v) is 8.75. The fourth-order valence-corrected chi connectivity index (χ4v) is 2.65. The summed E-state index contributed by atoms with van der Waals surface area (Å²) in [5, 5.41) is 6.29. The zero-order chi connectivity index (χ0) is 20.4. The molecule has 160 valence electrons. The van der Waals surface area contributed by atoms with Crippen LogP contribution in [-0.4, -0.2) is 40.4 Å². The second-order valence-electron chi connectivity index (χ2n) is 5.77. The van der Waals surface area contributed by atoms with Crippen molar-refractivity contribution in [3.63, 3.8) is 0 Å². The molecule has 0 aromatic heterocycles. The van der Waals surface area contributed by atoms with Crippen molar-refractivity contribution in [2.45, 2.75) is 19.6 Å². The van der Waals surface area contributed by atoms with Gasteiger partial charge < -0.3 is 24.8 Å². The topological polar surface area (TPSA) is 64.1 Å². The Bertz CT molecular complexity index is 791. The van der Waals surface area contributed by atoms with Gasteiger partial charge in [-0.25, -0.2) is 0 Å². The minimum Gasteiger partial charge on any atom is -0.497 e. The third-order valence-corrected chi connectivity index (χ3v) is 4.03. The monoisotopic (exact) mass is 521 g/mol. The van der Waals surface area contributed by atoms with E-state index in [-0.39, 0.29) is 29.7 Å². The minimum atomic E-state index is -2.86. The number of halogens is 3. The molecule has 2 aromatic carbocycles. The maximum Gasteiger partial charge on any atom is 0.387 e. The van der Waals surface area contributed by atoms with Crippen molar-refractivity contribution < 1.29 is 23.0 Å². The summed E-state index contributed by atoms with van der Waals surface area (Å²) in [5.41, 5.74) is 1.61. The lowest BCUT2D eigenvalue weighted by atomic mass is 10.1. The number of ether oxygens (including phenoxy) is 3.